The van der Waals surface area contributed by atoms with Gasteiger partial charge in [-0.15, -0.1) is 0 Å². The van der Waals surface area contributed by atoms with Gasteiger partial charge in [0, 0.05) is 30.9 Å². The van der Waals surface area contributed by atoms with E-state index in [0.717, 1.165) is 24.8 Å². The molecule has 1 amide bonds. The van der Waals surface area contributed by atoms with E-state index in [1.807, 2.05) is 18.2 Å². The van der Waals surface area contributed by atoms with Crippen molar-refractivity contribution in [3.05, 3.63) is 65.8 Å². The van der Waals surface area contributed by atoms with E-state index in [4.69, 9.17) is 4.52 Å². The van der Waals surface area contributed by atoms with Gasteiger partial charge in [0.05, 0.1) is 6.54 Å². The SMILES string of the molecule is CN(Cc1nc(-c2ccncc2)no1)C(=O)[C@H]1CCc2ccccc2C1. The summed E-state index contributed by atoms with van der Waals surface area (Å²) in [7, 11) is 1.79. The molecule has 3 aromatic rings. The van der Waals surface area contributed by atoms with E-state index >= 15 is 0 Å². The van der Waals surface area contributed by atoms with Gasteiger partial charge in [-0.2, -0.15) is 4.98 Å². The second-order valence-corrected chi connectivity index (χ2v) is 6.65. The molecule has 0 unspecified atom stereocenters. The predicted octanol–water partition coefficient (Wildman–Crippen LogP) is 2.90. The van der Waals surface area contributed by atoms with Crippen LogP contribution in [0.5, 0.6) is 0 Å². The lowest BCUT2D eigenvalue weighted by molar-refractivity contribution is -0.135. The normalized spacial score (nSPS) is 16.1. The summed E-state index contributed by atoms with van der Waals surface area (Å²) < 4.78 is 5.31. The third-order valence-electron chi connectivity index (χ3n) is 4.85. The van der Waals surface area contributed by atoms with Crippen LogP contribution in [0.2, 0.25) is 0 Å². The fourth-order valence-electron chi connectivity index (χ4n) is 3.44. The second kappa shape index (κ2) is 7.07. The molecule has 132 valence electrons. The zero-order valence-corrected chi connectivity index (χ0v) is 14.6. The molecule has 0 saturated heterocycles. The fraction of sp³-hybridized carbons (Fsp3) is 0.300. The first kappa shape index (κ1) is 16.4. The van der Waals surface area contributed by atoms with Crippen LogP contribution in [0.15, 0.2) is 53.3 Å². The number of pyridine rings is 1. The maximum absolute atomic E-state index is 12.8. The molecule has 4 rings (SSSR count). The van der Waals surface area contributed by atoms with Gasteiger partial charge in [-0.25, -0.2) is 0 Å². The monoisotopic (exact) mass is 348 g/mol. The smallest absolute Gasteiger partial charge is 0.246 e. The number of aryl methyl sites for hydroxylation is 1. The highest BCUT2D eigenvalue weighted by molar-refractivity contribution is 5.79. The van der Waals surface area contributed by atoms with E-state index in [9.17, 15) is 4.79 Å². The minimum atomic E-state index is 0.0116. The number of amides is 1. The lowest BCUT2D eigenvalue weighted by Crippen LogP contribution is -2.35. The molecule has 1 aliphatic rings. The number of hydrogen-bond donors (Lipinski definition) is 0. The summed E-state index contributed by atoms with van der Waals surface area (Å²) in [5, 5.41) is 3.99. The van der Waals surface area contributed by atoms with Gasteiger partial charge in [-0.3, -0.25) is 9.78 Å². The van der Waals surface area contributed by atoms with Gasteiger partial charge < -0.3 is 9.42 Å². The highest BCUT2D eigenvalue weighted by atomic mass is 16.5. The van der Waals surface area contributed by atoms with E-state index in [2.05, 4.69) is 33.3 Å². The van der Waals surface area contributed by atoms with Crippen LogP contribution in [0.25, 0.3) is 11.4 Å². The van der Waals surface area contributed by atoms with Gasteiger partial charge in [0.25, 0.3) is 0 Å². The van der Waals surface area contributed by atoms with Crippen LogP contribution in [0.1, 0.15) is 23.4 Å². The highest BCUT2D eigenvalue weighted by Gasteiger charge is 2.27. The Balaban J connectivity index is 1.42. The molecular weight excluding hydrogens is 328 g/mol. The van der Waals surface area contributed by atoms with Crippen LogP contribution in [-0.2, 0) is 24.2 Å². The Bertz CT molecular complexity index is 907. The van der Waals surface area contributed by atoms with Crippen LogP contribution >= 0.6 is 0 Å². The average Bonchev–Trinajstić information content (AvgIpc) is 3.16. The van der Waals surface area contributed by atoms with Gasteiger partial charge in [-0.1, -0.05) is 29.4 Å². The van der Waals surface area contributed by atoms with Gasteiger partial charge >= 0.3 is 0 Å². The molecule has 0 bridgehead atoms. The maximum atomic E-state index is 12.8. The van der Waals surface area contributed by atoms with Crippen molar-refractivity contribution < 1.29 is 9.32 Å². The van der Waals surface area contributed by atoms with Crippen molar-refractivity contribution in [1.82, 2.24) is 20.0 Å². The Hall–Kier alpha value is -3.02. The van der Waals surface area contributed by atoms with Crippen LogP contribution in [0.4, 0.5) is 0 Å². The Labute approximate surface area is 151 Å². The topological polar surface area (TPSA) is 72.1 Å². The summed E-state index contributed by atoms with van der Waals surface area (Å²) in [4.78, 5) is 22.9. The van der Waals surface area contributed by atoms with Crippen molar-refractivity contribution >= 4 is 5.91 Å². The molecule has 1 atom stereocenters. The van der Waals surface area contributed by atoms with Gasteiger partial charge in [0.2, 0.25) is 17.6 Å². The van der Waals surface area contributed by atoms with Crippen molar-refractivity contribution in [2.75, 3.05) is 7.05 Å². The molecule has 1 aliphatic carbocycles. The third-order valence-corrected chi connectivity index (χ3v) is 4.85. The minimum absolute atomic E-state index is 0.0116. The number of carbonyl (C=O) groups is 1. The number of fused-ring (bicyclic) bond motifs is 1. The van der Waals surface area contributed by atoms with E-state index < -0.39 is 0 Å². The number of carbonyl (C=O) groups excluding carboxylic acids is 1. The zero-order valence-electron chi connectivity index (χ0n) is 14.6. The highest BCUT2D eigenvalue weighted by Crippen LogP contribution is 2.27. The standard InChI is InChI=1S/C20H20N4O2/c1-24(13-18-22-19(23-26-18)15-8-10-21-11-9-15)20(25)17-7-6-14-4-2-3-5-16(14)12-17/h2-5,8-11,17H,6-7,12-13H2,1H3/t17-/m0/s1. The number of hydrogen-bond acceptors (Lipinski definition) is 5. The number of benzene rings is 1. The first-order valence-corrected chi connectivity index (χ1v) is 8.75. The van der Waals surface area contributed by atoms with Gasteiger partial charge in [0.15, 0.2) is 0 Å². The first-order chi connectivity index (χ1) is 12.7. The molecule has 0 radical (unpaired) electrons. The van der Waals surface area contributed by atoms with Crippen LogP contribution < -0.4 is 0 Å². The van der Waals surface area contributed by atoms with Crippen LogP contribution in [0.3, 0.4) is 0 Å². The maximum Gasteiger partial charge on any atom is 0.246 e. The van der Waals surface area contributed by atoms with Crippen LogP contribution in [-0.4, -0.2) is 33.0 Å². The van der Waals surface area contributed by atoms with Gasteiger partial charge in [0.1, 0.15) is 0 Å². The van der Waals surface area contributed by atoms with Crippen molar-refractivity contribution in [3.8, 4) is 11.4 Å². The van der Waals surface area contributed by atoms with Crippen LogP contribution in [0, 0.1) is 5.92 Å². The molecule has 0 spiro atoms. The number of nitrogens with zero attached hydrogens (tertiary/aromatic N) is 4. The lowest BCUT2D eigenvalue weighted by Gasteiger charge is -2.27. The van der Waals surface area contributed by atoms with Gasteiger partial charge in [-0.05, 0) is 42.5 Å². The number of aromatic nitrogens is 3. The van der Waals surface area contributed by atoms with E-state index in [0.29, 0.717) is 18.3 Å². The molecule has 6 heteroatoms. The van der Waals surface area contributed by atoms with Crippen molar-refractivity contribution in [3.63, 3.8) is 0 Å². The Morgan fingerprint density at radius 2 is 1.96 bits per heavy atom. The molecule has 0 fully saturated rings. The van der Waals surface area contributed by atoms with Crippen molar-refractivity contribution in [2.45, 2.75) is 25.8 Å². The Morgan fingerprint density at radius 3 is 2.77 bits per heavy atom. The quantitative estimate of drug-likeness (QED) is 0.725. The minimum Gasteiger partial charge on any atom is -0.337 e. The Morgan fingerprint density at radius 1 is 1.19 bits per heavy atom. The summed E-state index contributed by atoms with van der Waals surface area (Å²) >= 11 is 0. The second-order valence-electron chi connectivity index (χ2n) is 6.65. The van der Waals surface area contributed by atoms with Crippen molar-refractivity contribution in [1.29, 1.82) is 0 Å². The third kappa shape index (κ3) is 3.35. The number of rotatable bonds is 4. The fourth-order valence-corrected chi connectivity index (χ4v) is 3.44. The summed E-state index contributed by atoms with van der Waals surface area (Å²) in [6, 6.07) is 12.0. The van der Waals surface area contributed by atoms with E-state index in [1.54, 1.807) is 24.3 Å². The van der Waals surface area contributed by atoms with Crippen molar-refractivity contribution in [2.24, 2.45) is 5.92 Å². The molecule has 2 heterocycles. The molecule has 0 saturated carbocycles. The summed E-state index contributed by atoms with van der Waals surface area (Å²) in [6.07, 6.45) is 5.99. The molecule has 2 aromatic heterocycles. The first-order valence-electron chi connectivity index (χ1n) is 8.75. The van der Waals surface area contributed by atoms with E-state index in [-0.39, 0.29) is 11.8 Å². The summed E-state index contributed by atoms with van der Waals surface area (Å²) in [5.74, 6) is 1.08. The predicted molar refractivity (Wildman–Crippen MR) is 96.0 cm³/mol. The molecule has 0 N–H and O–H groups in total. The summed E-state index contributed by atoms with van der Waals surface area (Å²) in [5.41, 5.74) is 3.48. The average molecular weight is 348 g/mol. The molecule has 1 aromatic carbocycles. The molecule has 26 heavy (non-hydrogen) atoms. The lowest BCUT2D eigenvalue weighted by atomic mass is 9.83. The zero-order chi connectivity index (χ0) is 17.9. The molecule has 0 aliphatic heterocycles. The largest absolute Gasteiger partial charge is 0.337 e. The Kier molecular flexibility index (Phi) is 4.48. The molecular formula is C20H20N4O2. The summed E-state index contributed by atoms with van der Waals surface area (Å²) in [6.45, 7) is 0.315. The van der Waals surface area contributed by atoms with E-state index in [1.165, 1.54) is 11.1 Å². The molecule has 6 nitrogen and oxygen atoms in total.